The van der Waals surface area contributed by atoms with Crippen molar-refractivity contribution in [1.29, 1.82) is 0 Å². The van der Waals surface area contributed by atoms with E-state index in [0.29, 0.717) is 6.61 Å². The lowest BCUT2D eigenvalue weighted by Gasteiger charge is -2.30. The number of rotatable bonds is 2. The standard InChI is InChI=1S/C16H14O2/c17-10-14-13-8-4-5-9-16(13)18-11-15(14)12-6-2-1-3-7-12/h1-10,14-15H,11H2. The Morgan fingerprint density at radius 3 is 2.50 bits per heavy atom. The number of aldehydes is 1. The van der Waals surface area contributed by atoms with Crippen LogP contribution in [0.4, 0.5) is 0 Å². The Labute approximate surface area is 106 Å². The van der Waals surface area contributed by atoms with Crippen LogP contribution in [0.2, 0.25) is 0 Å². The molecule has 0 radical (unpaired) electrons. The summed E-state index contributed by atoms with van der Waals surface area (Å²) < 4.78 is 5.76. The van der Waals surface area contributed by atoms with E-state index >= 15 is 0 Å². The van der Waals surface area contributed by atoms with Gasteiger partial charge in [0, 0.05) is 11.5 Å². The molecular weight excluding hydrogens is 224 g/mol. The van der Waals surface area contributed by atoms with Crippen molar-refractivity contribution in [2.75, 3.05) is 6.61 Å². The van der Waals surface area contributed by atoms with Gasteiger partial charge in [-0.05, 0) is 11.6 Å². The van der Waals surface area contributed by atoms with Crippen LogP contribution in [0, 0.1) is 0 Å². The Morgan fingerprint density at radius 1 is 1.00 bits per heavy atom. The first-order valence-corrected chi connectivity index (χ1v) is 6.12. The number of hydrogen-bond donors (Lipinski definition) is 0. The third-order valence-electron chi connectivity index (χ3n) is 3.50. The smallest absolute Gasteiger partial charge is 0.128 e. The highest BCUT2D eigenvalue weighted by Crippen LogP contribution is 2.40. The summed E-state index contributed by atoms with van der Waals surface area (Å²) in [6.45, 7) is 0.560. The van der Waals surface area contributed by atoms with Crippen molar-refractivity contribution in [2.24, 2.45) is 0 Å². The quantitative estimate of drug-likeness (QED) is 0.751. The van der Waals surface area contributed by atoms with Crippen LogP contribution in [-0.4, -0.2) is 12.9 Å². The number of carbonyl (C=O) groups is 1. The molecule has 2 atom stereocenters. The maximum atomic E-state index is 11.5. The van der Waals surface area contributed by atoms with Crippen molar-refractivity contribution < 1.29 is 9.53 Å². The summed E-state index contributed by atoms with van der Waals surface area (Å²) in [5.74, 6) is 0.831. The van der Waals surface area contributed by atoms with E-state index in [2.05, 4.69) is 12.1 Å². The Morgan fingerprint density at radius 2 is 1.72 bits per heavy atom. The zero-order valence-corrected chi connectivity index (χ0v) is 9.95. The summed E-state index contributed by atoms with van der Waals surface area (Å²) >= 11 is 0. The lowest BCUT2D eigenvalue weighted by molar-refractivity contribution is -0.110. The summed E-state index contributed by atoms with van der Waals surface area (Å²) in [4.78, 5) is 11.5. The zero-order valence-electron chi connectivity index (χ0n) is 9.95. The lowest BCUT2D eigenvalue weighted by atomic mass is 9.81. The van der Waals surface area contributed by atoms with E-state index in [1.165, 1.54) is 0 Å². The Bertz CT molecular complexity index is 548. The fourth-order valence-electron chi connectivity index (χ4n) is 2.56. The molecule has 0 N–H and O–H groups in total. The molecule has 2 heteroatoms. The van der Waals surface area contributed by atoms with Gasteiger partial charge in [0.05, 0.1) is 12.5 Å². The number of ether oxygens (including phenoxy) is 1. The third kappa shape index (κ3) is 1.80. The Hall–Kier alpha value is -2.09. The van der Waals surface area contributed by atoms with Crippen LogP contribution in [-0.2, 0) is 4.79 Å². The second kappa shape index (κ2) is 4.65. The largest absolute Gasteiger partial charge is 0.493 e. The second-order valence-electron chi connectivity index (χ2n) is 4.53. The van der Waals surface area contributed by atoms with E-state index < -0.39 is 0 Å². The SMILES string of the molecule is O=CC1c2ccccc2OCC1c1ccccc1. The molecule has 2 nitrogen and oxygen atoms in total. The highest BCUT2D eigenvalue weighted by atomic mass is 16.5. The molecule has 90 valence electrons. The topological polar surface area (TPSA) is 26.3 Å². The summed E-state index contributed by atoms with van der Waals surface area (Å²) in [6.07, 6.45) is 1.04. The van der Waals surface area contributed by atoms with E-state index in [9.17, 15) is 4.79 Å². The second-order valence-corrected chi connectivity index (χ2v) is 4.53. The monoisotopic (exact) mass is 238 g/mol. The molecule has 0 spiro atoms. The van der Waals surface area contributed by atoms with Crippen LogP contribution in [0.1, 0.15) is 23.0 Å². The van der Waals surface area contributed by atoms with Gasteiger partial charge in [-0.3, -0.25) is 0 Å². The normalized spacial score (nSPS) is 21.8. The van der Waals surface area contributed by atoms with E-state index in [0.717, 1.165) is 23.2 Å². The molecule has 3 rings (SSSR count). The van der Waals surface area contributed by atoms with Crippen molar-refractivity contribution >= 4 is 6.29 Å². The van der Waals surface area contributed by atoms with Crippen LogP contribution in [0.5, 0.6) is 5.75 Å². The van der Waals surface area contributed by atoms with Gasteiger partial charge in [0.15, 0.2) is 0 Å². The van der Waals surface area contributed by atoms with Gasteiger partial charge in [0.2, 0.25) is 0 Å². The molecule has 1 heterocycles. The van der Waals surface area contributed by atoms with Crippen molar-refractivity contribution in [1.82, 2.24) is 0 Å². The van der Waals surface area contributed by atoms with Gasteiger partial charge in [-0.1, -0.05) is 48.5 Å². The predicted molar refractivity (Wildman–Crippen MR) is 69.9 cm³/mol. The van der Waals surface area contributed by atoms with Crippen LogP contribution < -0.4 is 4.74 Å². The third-order valence-corrected chi connectivity index (χ3v) is 3.50. The highest BCUT2D eigenvalue weighted by molar-refractivity contribution is 5.67. The van der Waals surface area contributed by atoms with Gasteiger partial charge < -0.3 is 9.53 Å². The van der Waals surface area contributed by atoms with Gasteiger partial charge in [0.1, 0.15) is 12.0 Å². The van der Waals surface area contributed by atoms with E-state index in [4.69, 9.17) is 4.74 Å². The van der Waals surface area contributed by atoms with Gasteiger partial charge >= 0.3 is 0 Å². The molecule has 2 aromatic rings. The molecular formula is C16H14O2. The Kier molecular flexibility index (Phi) is 2.85. The first kappa shape index (κ1) is 11.0. The molecule has 0 saturated carbocycles. The zero-order chi connectivity index (χ0) is 12.4. The molecule has 0 amide bonds. The minimum Gasteiger partial charge on any atom is -0.493 e. The maximum absolute atomic E-state index is 11.5. The summed E-state index contributed by atoms with van der Waals surface area (Å²) in [5, 5.41) is 0. The number of benzene rings is 2. The van der Waals surface area contributed by atoms with Crippen LogP contribution in [0.25, 0.3) is 0 Å². The molecule has 0 saturated heterocycles. The summed E-state index contributed by atoms with van der Waals surface area (Å²) in [5.41, 5.74) is 2.15. The predicted octanol–water partition coefficient (Wildman–Crippen LogP) is 3.15. The average Bonchev–Trinajstić information content (AvgIpc) is 2.47. The number of fused-ring (bicyclic) bond motifs is 1. The molecule has 2 aromatic carbocycles. The Balaban J connectivity index is 2.02. The number of para-hydroxylation sites is 1. The minimum absolute atomic E-state index is 0.110. The van der Waals surface area contributed by atoms with Gasteiger partial charge in [-0.25, -0.2) is 0 Å². The van der Waals surface area contributed by atoms with Gasteiger partial charge in [-0.2, -0.15) is 0 Å². The van der Waals surface area contributed by atoms with E-state index in [1.54, 1.807) is 0 Å². The molecule has 1 aliphatic heterocycles. The highest BCUT2D eigenvalue weighted by Gasteiger charge is 2.31. The molecule has 18 heavy (non-hydrogen) atoms. The molecule has 2 unspecified atom stereocenters. The first-order chi connectivity index (χ1) is 8.90. The van der Waals surface area contributed by atoms with Crippen molar-refractivity contribution in [2.45, 2.75) is 11.8 Å². The van der Waals surface area contributed by atoms with Gasteiger partial charge in [0.25, 0.3) is 0 Å². The van der Waals surface area contributed by atoms with Crippen LogP contribution in [0.15, 0.2) is 54.6 Å². The van der Waals surface area contributed by atoms with Crippen LogP contribution in [0.3, 0.4) is 0 Å². The maximum Gasteiger partial charge on any atom is 0.128 e. The van der Waals surface area contributed by atoms with Crippen molar-refractivity contribution in [3.8, 4) is 5.75 Å². The molecule has 0 aromatic heterocycles. The van der Waals surface area contributed by atoms with Crippen LogP contribution >= 0.6 is 0 Å². The molecule has 0 bridgehead atoms. The first-order valence-electron chi connectivity index (χ1n) is 6.12. The van der Waals surface area contributed by atoms with Gasteiger partial charge in [-0.15, -0.1) is 0 Å². The average molecular weight is 238 g/mol. The fraction of sp³-hybridized carbons (Fsp3) is 0.188. The summed E-state index contributed by atoms with van der Waals surface area (Å²) in [7, 11) is 0. The molecule has 0 fully saturated rings. The molecule has 1 aliphatic rings. The lowest BCUT2D eigenvalue weighted by Crippen LogP contribution is -2.25. The number of carbonyl (C=O) groups excluding carboxylic acids is 1. The summed E-state index contributed by atoms with van der Waals surface area (Å²) in [6, 6.07) is 17.9. The fourth-order valence-corrected chi connectivity index (χ4v) is 2.56. The minimum atomic E-state index is -0.114. The van der Waals surface area contributed by atoms with E-state index in [-0.39, 0.29) is 11.8 Å². The van der Waals surface area contributed by atoms with Crippen molar-refractivity contribution in [3.63, 3.8) is 0 Å². The van der Waals surface area contributed by atoms with E-state index in [1.807, 2.05) is 42.5 Å². The van der Waals surface area contributed by atoms with Crippen molar-refractivity contribution in [3.05, 3.63) is 65.7 Å². The molecule has 0 aliphatic carbocycles. The number of hydrogen-bond acceptors (Lipinski definition) is 2.